The quantitative estimate of drug-likeness (QED) is 0.544. The number of hydrogen-bond donors (Lipinski definition) is 2. The van der Waals surface area contributed by atoms with Gasteiger partial charge in [0, 0.05) is 44.7 Å². The van der Waals surface area contributed by atoms with Crippen molar-refractivity contribution in [3.8, 4) is 5.75 Å². The van der Waals surface area contributed by atoms with Crippen molar-refractivity contribution in [2.75, 3.05) is 20.2 Å². The molecule has 7 heteroatoms. The molecule has 2 aromatic carbocycles. The fraction of sp³-hybridized carbons (Fsp3) is 0.533. The van der Waals surface area contributed by atoms with Crippen molar-refractivity contribution in [3.05, 3.63) is 65.7 Å². The van der Waals surface area contributed by atoms with Crippen LogP contribution in [-0.4, -0.2) is 66.0 Å². The lowest BCUT2D eigenvalue weighted by atomic mass is 9.90. The molecular weight excluding hydrogens is 464 g/mol. The highest BCUT2D eigenvalue weighted by atomic mass is 16.5. The number of likely N-dealkylation sites (tertiary alicyclic amines) is 1. The number of carbonyl (C=O) groups is 2. The molecule has 1 aliphatic heterocycles. The van der Waals surface area contributed by atoms with Gasteiger partial charge < -0.3 is 20.7 Å². The van der Waals surface area contributed by atoms with E-state index in [2.05, 4.69) is 46.6 Å². The third-order valence-electron chi connectivity index (χ3n) is 7.99. The Morgan fingerprint density at radius 2 is 1.70 bits per heavy atom. The smallest absolute Gasteiger partial charge is 0.243 e. The zero-order valence-electron chi connectivity index (χ0n) is 22.3. The van der Waals surface area contributed by atoms with Crippen molar-refractivity contribution >= 4 is 11.8 Å². The minimum atomic E-state index is -0.443. The van der Waals surface area contributed by atoms with Crippen molar-refractivity contribution < 1.29 is 14.3 Å². The highest BCUT2D eigenvalue weighted by Gasteiger charge is 2.38. The van der Waals surface area contributed by atoms with Crippen LogP contribution in [-0.2, 0) is 22.6 Å². The van der Waals surface area contributed by atoms with Gasteiger partial charge in [0.15, 0.2) is 0 Å². The maximum Gasteiger partial charge on any atom is 0.243 e. The van der Waals surface area contributed by atoms with Crippen LogP contribution in [0.1, 0.15) is 56.6 Å². The number of carbonyl (C=O) groups excluding carboxylic acids is 2. The van der Waals surface area contributed by atoms with Crippen molar-refractivity contribution in [2.45, 2.75) is 82.6 Å². The van der Waals surface area contributed by atoms with Gasteiger partial charge in [-0.25, -0.2) is 0 Å². The normalized spacial score (nSPS) is 24.1. The number of amides is 2. The first kappa shape index (κ1) is 27.1. The van der Waals surface area contributed by atoms with Crippen LogP contribution in [0.5, 0.6) is 5.75 Å². The molecule has 0 radical (unpaired) electrons. The summed E-state index contributed by atoms with van der Waals surface area (Å²) in [5, 5.41) is 3.25. The average molecular weight is 507 g/mol. The van der Waals surface area contributed by atoms with E-state index in [1.54, 1.807) is 18.9 Å². The molecule has 1 aliphatic carbocycles. The monoisotopic (exact) mass is 506 g/mol. The molecule has 1 heterocycles. The van der Waals surface area contributed by atoms with Gasteiger partial charge in [0.2, 0.25) is 11.8 Å². The number of nitrogens with zero attached hydrogens (tertiary/aromatic N) is 2. The van der Waals surface area contributed by atoms with E-state index >= 15 is 0 Å². The molecule has 200 valence electrons. The summed E-state index contributed by atoms with van der Waals surface area (Å²) in [5.74, 6) is 0.790. The topological polar surface area (TPSA) is 87.9 Å². The largest absolute Gasteiger partial charge is 0.497 e. The first-order chi connectivity index (χ1) is 17.9. The average Bonchev–Trinajstić information content (AvgIpc) is 2.92. The summed E-state index contributed by atoms with van der Waals surface area (Å²) in [6.45, 7) is 3.84. The second-order valence-corrected chi connectivity index (χ2v) is 10.6. The summed E-state index contributed by atoms with van der Waals surface area (Å²) in [6, 6.07) is 18.9. The summed E-state index contributed by atoms with van der Waals surface area (Å²) >= 11 is 0. The van der Waals surface area contributed by atoms with Crippen LogP contribution in [0, 0.1) is 0 Å². The molecular formula is C30H42N4O3. The Morgan fingerprint density at radius 3 is 2.35 bits per heavy atom. The third kappa shape index (κ3) is 7.55. The number of nitrogens with two attached hydrogens (primary N) is 1. The first-order valence-corrected chi connectivity index (χ1v) is 13.7. The summed E-state index contributed by atoms with van der Waals surface area (Å²) in [4.78, 5) is 30.2. The maximum atomic E-state index is 13.5. The Morgan fingerprint density at radius 1 is 1.00 bits per heavy atom. The molecule has 4 rings (SSSR count). The zero-order chi connectivity index (χ0) is 26.2. The van der Waals surface area contributed by atoms with Gasteiger partial charge in [-0.05, 0) is 68.2 Å². The zero-order valence-corrected chi connectivity index (χ0v) is 22.3. The molecule has 3 N–H and O–H groups in total. The summed E-state index contributed by atoms with van der Waals surface area (Å²) in [7, 11) is 1.68. The maximum absolute atomic E-state index is 13.5. The number of hydrogen-bond acceptors (Lipinski definition) is 5. The first-order valence-electron chi connectivity index (χ1n) is 13.7. The lowest BCUT2D eigenvalue weighted by Crippen LogP contribution is -2.58. The Bertz CT molecular complexity index is 1010. The van der Waals surface area contributed by atoms with Gasteiger partial charge >= 0.3 is 0 Å². The van der Waals surface area contributed by atoms with Crippen molar-refractivity contribution in [2.24, 2.45) is 5.73 Å². The van der Waals surface area contributed by atoms with Crippen LogP contribution in [0.25, 0.3) is 0 Å². The molecule has 2 atom stereocenters. The van der Waals surface area contributed by atoms with Gasteiger partial charge in [0.25, 0.3) is 0 Å². The van der Waals surface area contributed by atoms with Crippen molar-refractivity contribution in [1.29, 1.82) is 0 Å². The lowest BCUT2D eigenvalue weighted by molar-refractivity contribution is -0.142. The van der Waals surface area contributed by atoms with E-state index in [0.29, 0.717) is 13.0 Å². The van der Waals surface area contributed by atoms with E-state index in [-0.39, 0.29) is 29.9 Å². The Hall–Kier alpha value is -2.90. The fourth-order valence-electron chi connectivity index (χ4n) is 5.74. The van der Waals surface area contributed by atoms with E-state index in [4.69, 9.17) is 10.5 Å². The Balaban J connectivity index is 1.48. The second kappa shape index (κ2) is 13.1. The molecule has 2 aromatic rings. The van der Waals surface area contributed by atoms with E-state index in [0.717, 1.165) is 57.4 Å². The molecule has 0 aromatic heterocycles. The van der Waals surface area contributed by atoms with Crippen LogP contribution < -0.4 is 15.8 Å². The van der Waals surface area contributed by atoms with Crippen LogP contribution in [0.2, 0.25) is 0 Å². The predicted octanol–water partition coefficient (Wildman–Crippen LogP) is 3.51. The highest BCUT2D eigenvalue weighted by Crippen LogP contribution is 2.26. The number of nitrogens with one attached hydrogen (secondary N) is 1. The van der Waals surface area contributed by atoms with Crippen LogP contribution >= 0.6 is 0 Å². The second-order valence-electron chi connectivity index (χ2n) is 10.6. The summed E-state index contributed by atoms with van der Waals surface area (Å²) in [6.07, 6.45) is 6.11. The fourth-order valence-corrected chi connectivity index (χ4v) is 5.74. The molecule has 2 amide bonds. The number of piperidine rings is 1. The van der Waals surface area contributed by atoms with Crippen molar-refractivity contribution in [1.82, 2.24) is 15.1 Å². The number of methoxy groups -OCH3 is 1. The highest BCUT2D eigenvalue weighted by molar-refractivity contribution is 5.87. The van der Waals surface area contributed by atoms with E-state index < -0.39 is 6.04 Å². The minimum Gasteiger partial charge on any atom is -0.497 e. The molecule has 0 spiro atoms. The molecule has 1 saturated heterocycles. The van der Waals surface area contributed by atoms with Gasteiger partial charge in [-0.1, -0.05) is 42.5 Å². The standard InChI is InChI=1S/C30H42N4O3/c1-22(35)34-19-17-27(20-29(34)30(36)32-26-12-10-25(31)11-13-26)33(18-16-23-6-4-3-5-7-23)21-24-8-14-28(37-2)15-9-24/h3-9,14-15,25-27,29H,10-13,16-21,31H2,1-2H3,(H,32,36)/t25?,26?,27?,29-/m1/s1. The van der Waals surface area contributed by atoms with Gasteiger partial charge in [0.05, 0.1) is 7.11 Å². The molecule has 7 nitrogen and oxygen atoms in total. The van der Waals surface area contributed by atoms with Crippen LogP contribution in [0.4, 0.5) is 0 Å². The van der Waals surface area contributed by atoms with E-state index in [1.807, 2.05) is 18.2 Å². The molecule has 1 unspecified atom stereocenters. The van der Waals surface area contributed by atoms with Crippen molar-refractivity contribution in [3.63, 3.8) is 0 Å². The lowest BCUT2D eigenvalue weighted by Gasteiger charge is -2.43. The number of ether oxygens (including phenoxy) is 1. The van der Waals surface area contributed by atoms with Crippen LogP contribution in [0.3, 0.4) is 0 Å². The SMILES string of the molecule is COc1ccc(CN(CCc2ccccc2)C2CCN(C(C)=O)[C@@H](C(=O)NC3CCC(N)CC3)C2)cc1. The van der Waals surface area contributed by atoms with Gasteiger partial charge in [-0.15, -0.1) is 0 Å². The predicted molar refractivity (Wildman–Crippen MR) is 146 cm³/mol. The minimum absolute atomic E-state index is 0.0205. The molecule has 1 saturated carbocycles. The molecule has 2 aliphatic rings. The molecule has 0 bridgehead atoms. The van der Waals surface area contributed by atoms with Gasteiger partial charge in [-0.3, -0.25) is 14.5 Å². The Labute approximate surface area is 221 Å². The molecule has 37 heavy (non-hydrogen) atoms. The number of benzene rings is 2. The number of rotatable bonds is 9. The summed E-state index contributed by atoms with van der Waals surface area (Å²) < 4.78 is 5.34. The van der Waals surface area contributed by atoms with Gasteiger partial charge in [-0.2, -0.15) is 0 Å². The van der Waals surface area contributed by atoms with Gasteiger partial charge in [0.1, 0.15) is 11.8 Å². The van der Waals surface area contributed by atoms with E-state index in [9.17, 15) is 9.59 Å². The van der Waals surface area contributed by atoms with E-state index in [1.165, 1.54) is 11.1 Å². The Kier molecular flexibility index (Phi) is 9.58. The molecule has 2 fully saturated rings. The summed E-state index contributed by atoms with van der Waals surface area (Å²) in [5.41, 5.74) is 8.57. The third-order valence-corrected chi connectivity index (χ3v) is 7.99. The van der Waals surface area contributed by atoms with Crippen LogP contribution in [0.15, 0.2) is 54.6 Å².